The molecular formula is C22H26FN3O2. The smallest absolute Gasteiger partial charge is 0.407 e. The molecule has 0 fully saturated rings. The second kappa shape index (κ2) is 7.31. The summed E-state index contributed by atoms with van der Waals surface area (Å²) in [5.41, 5.74) is 3.61. The van der Waals surface area contributed by atoms with Gasteiger partial charge in [0.05, 0.1) is 11.1 Å². The van der Waals surface area contributed by atoms with E-state index in [1.165, 1.54) is 6.07 Å². The first kappa shape index (κ1) is 19.9. The minimum atomic E-state index is -0.567. The second-order valence-electron chi connectivity index (χ2n) is 8.37. The van der Waals surface area contributed by atoms with Crippen LogP contribution in [0.5, 0.6) is 0 Å². The van der Waals surface area contributed by atoms with Gasteiger partial charge in [-0.1, -0.05) is 6.08 Å². The van der Waals surface area contributed by atoms with Gasteiger partial charge < -0.3 is 15.0 Å². The summed E-state index contributed by atoms with van der Waals surface area (Å²) in [5.74, 6) is -0.407. The zero-order valence-electron chi connectivity index (χ0n) is 17.0. The molecule has 1 aliphatic rings. The van der Waals surface area contributed by atoms with Gasteiger partial charge in [-0.25, -0.2) is 9.18 Å². The third-order valence-corrected chi connectivity index (χ3v) is 5.06. The van der Waals surface area contributed by atoms with Crippen molar-refractivity contribution < 1.29 is 13.9 Å². The molecule has 1 unspecified atom stereocenters. The Bertz CT molecular complexity index is 1010. The molecule has 1 heterocycles. The third-order valence-electron chi connectivity index (χ3n) is 5.06. The highest BCUT2D eigenvalue weighted by atomic mass is 19.1. The van der Waals surface area contributed by atoms with Crippen LogP contribution in [0.1, 0.15) is 62.4 Å². The van der Waals surface area contributed by atoms with E-state index in [-0.39, 0.29) is 6.04 Å². The zero-order chi connectivity index (χ0) is 20.6. The lowest BCUT2D eigenvalue weighted by molar-refractivity contribution is 0.0502. The number of H-pyrrole nitrogens is 1. The Hall–Kier alpha value is -2.81. The van der Waals surface area contributed by atoms with Crippen LogP contribution in [0.2, 0.25) is 0 Å². The first-order chi connectivity index (χ1) is 13.1. The number of carbonyl (C=O) groups excluding carboxylic acids is 1. The van der Waals surface area contributed by atoms with Gasteiger partial charge in [0.25, 0.3) is 0 Å². The Morgan fingerprint density at radius 2 is 2.11 bits per heavy atom. The van der Waals surface area contributed by atoms with Gasteiger partial charge in [0.1, 0.15) is 17.5 Å². The molecular weight excluding hydrogens is 357 g/mol. The summed E-state index contributed by atoms with van der Waals surface area (Å²) in [6.07, 6.45) is 3.59. The predicted octanol–water partition coefficient (Wildman–Crippen LogP) is 5.26. The lowest BCUT2D eigenvalue weighted by Crippen LogP contribution is -2.39. The fraction of sp³-hybridized carbons (Fsp3) is 0.455. The van der Waals surface area contributed by atoms with Gasteiger partial charge >= 0.3 is 6.09 Å². The van der Waals surface area contributed by atoms with Crippen molar-refractivity contribution in [2.45, 2.75) is 65.5 Å². The molecule has 1 amide bonds. The Morgan fingerprint density at radius 3 is 2.75 bits per heavy atom. The Balaban J connectivity index is 1.95. The van der Waals surface area contributed by atoms with Crippen LogP contribution < -0.4 is 5.32 Å². The summed E-state index contributed by atoms with van der Waals surface area (Å²) in [5, 5.41) is 13.0. The number of nitrogens with one attached hydrogen (secondary N) is 2. The molecule has 2 N–H and O–H groups in total. The maximum atomic E-state index is 15.0. The molecule has 1 aliphatic carbocycles. The van der Waals surface area contributed by atoms with E-state index >= 15 is 4.39 Å². The molecule has 28 heavy (non-hydrogen) atoms. The number of carbonyl (C=O) groups is 1. The second-order valence-corrected chi connectivity index (χ2v) is 8.37. The first-order valence-corrected chi connectivity index (χ1v) is 9.51. The van der Waals surface area contributed by atoms with Crippen molar-refractivity contribution in [2.75, 3.05) is 0 Å². The number of fused-ring (bicyclic) bond motifs is 1. The lowest BCUT2D eigenvalue weighted by atomic mass is 9.87. The number of rotatable bonds is 2. The van der Waals surface area contributed by atoms with Gasteiger partial charge in [-0.15, -0.1) is 0 Å². The van der Waals surface area contributed by atoms with Crippen LogP contribution in [0.3, 0.4) is 0 Å². The molecule has 1 atom stereocenters. The molecule has 0 bridgehead atoms. The van der Waals surface area contributed by atoms with E-state index in [0.717, 1.165) is 35.1 Å². The van der Waals surface area contributed by atoms with Crippen LogP contribution in [0, 0.1) is 31.0 Å². The molecule has 1 aromatic carbocycles. The maximum Gasteiger partial charge on any atom is 0.407 e. The number of ether oxygens (including phenoxy) is 1. The molecule has 0 aliphatic heterocycles. The van der Waals surface area contributed by atoms with Crippen LogP contribution in [-0.4, -0.2) is 22.7 Å². The fourth-order valence-corrected chi connectivity index (χ4v) is 3.74. The van der Waals surface area contributed by atoms with Crippen LogP contribution in [0.25, 0.3) is 16.5 Å². The van der Waals surface area contributed by atoms with E-state index in [1.807, 2.05) is 40.7 Å². The number of aromatic amines is 1. The number of amides is 1. The summed E-state index contributed by atoms with van der Waals surface area (Å²) in [4.78, 5) is 15.3. The highest BCUT2D eigenvalue weighted by molar-refractivity contribution is 5.98. The van der Waals surface area contributed by atoms with Gasteiger partial charge in [-0.05, 0) is 71.1 Å². The highest BCUT2D eigenvalue weighted by Gasteiger charge is 2.26. The molecule has 3 rings (SSSR count). The van der Waals surface area contributed by atoms with Crippen LogP contribution in [-0.2, 0) is 4.74 Å². The van der Waals surface area contributed by atoms with Gasteiger partial charge in [-0.3, -0.25) is 0 Å². The number of hydrogen-bond acceptors (Lipinski definition) is 3. The van der Waals surface area contributed by atoms with Crippen molar-refractivity contribution in [3.8, 4) is 6.07 Å². The summed E-state index contributed by atoms with van der Waals surface area (Å²) in [6, 6.07) is 3.24. The van der Waals surface area contributed by atoms with Crippen molar-refractivity contribution in [1.82, 2.24) is 10.3 Å². The maximum absolute atomic E-state index is 15.0. The molecule has 0 spiro atoms. The third kappa shape index (κ3) is 3.89. The molecule has 0 radical (unpaired) electrons. The number of hydrogen-bond donors (Lipinski definition) is 2. The number of aromatic nitrogens is 1. The topological polar surface area (TPSA) is 77.9 Å². The van der Waals surface area contributed by atoms with Gasteiger partial charge in [-0.2, -0.15) is 5.26 Å². The van der Waals surface area contributed by atoms with Crippen molar-refractivity contribution in [2.24, 2.45) is 0 Å². The van der Waals surface area contributed by atoms with Crippen molar-refractivity contribution in [1.29, 1.82) is 5.26 Å². The summed E-state index contributed by atoms with van der Waals surface area (Å²) in [6.45, 7) is 9.30. The van der Waals surface area contributed by atoms with E-state index in [4.69, 9.17) is 4.74 Å². The van der Waals surface area contributed by atoms with Crippen LogP contribution in [0.15, 0.2) is 12.1 Å². The van der Waals surface area contributed by atoms with Crippen LogP contribution >= 0.6 is 0 Å². The number of allylic oxidation sites excluding steroid dienone is 1. The normalized spacial score (nSPS) is 17.2. The van der Waals surface area contributed by atoms with E-state index in [9.17, 15) is 10.1 Å². The molecule has 0 saturated heterocycles. The quantitative estimate of drug-likeness (QED) is 0.743. The molecule has 0 saturated carbocycles. The number of alkyl carbamates (subject to hydrolysis) is 1. The number of nitriles is 1. The molecule has 2 aromatic rings. The number of nitrogens with zero attached hydrogens (tertiary/aromatic N) is 1. The average molecular weight is 383 g/mol. The Kier molecular flexibility index (Phi) is 5.20. The van der Waals surface area contributed by atoms with Gasteiger partial charge in [0, 0.05) is 22.7 Å². The average Bonchev–Trinajstić information content (AvgIpc) is 2.88. The minimum Gasteiger partial charge on any atom is -0.444 e. The number of benzene rings is 1. The van der Waals surface area contributed by atoms with Gasteiger partial charge in [0.2, 0.25) is 0 Å². The number of halogens is 1. The zero-order valence-corrected chi connectivity index (χ0v) is 17.0. The monoisotopic (exact) mass is 383 g/mol. The summed E-state index contributed by atoms with van der Waals surface area (Å²) in [7, 11) is 0. The molecule has 6 heteroatoms. The first-order valence-electron chi connectivity index (χ1n) is 9.51. The van der Waals surface area contributed by atoms with Gasteiger partial charge in [0.15, 0.2) is 0 Å². The molecule has 1 aromatic heterocycles. The van der Waals surface area contributed by atoms with Crippen LogP contribution in [0.4, 0.5) is 9.18 Å². The summed E-state index contributed by atoms with van der Waals surface area (Å²) >= 11 is 0. The predicted molar refractivity (Wildman–Crippen MR) is 107 cm³/mol. The SMILES string of the molecule is Cc1[nH]c2c(C#N)cc(F)c(C3=CCCC(NC(=O)OC(C)(C)C)C3)c2c1C. The van der Waals surface area contributed by atoms with E-state index in [1.54, 1.807) is 0 Å². The van der Waals surface area contributed by atoms with E-state index in [0.29, 0.717) is 23.1 Å². The van der Waals surface area contributed by atoms with Crippen molar-refractivity contribution in [3.05, 3.63) is 40.3 Å². The van der Waals surface area contributed by atoms with E-state index < -0.39 is 17.5 Å². The van der Waals surface area contributed by atoms with Crippen molar-refractivity contribution >= 4 is 22.6 Å². The summed E-state index contributed by atoms with van der Waals surface area (Å²) < 4.78 is 20.4. The fourth-order valence-electron chi connectivity index (χ4n) is 3.74. The van der Waals surface area contributed by atoms with Crippen molar-refractivity contribution in [3.63, 3.8) is 0 Å². The van der Waals surface area contributed by atoms with E-state index in [2.05, 4.69) is 16.4 Å². The number of aryl methyl sites for hydroxylation is 2. The minimum absolute atomic E-state index is 0.125. The lowest BCUT2D eigenvalue weighted by Gasteiger charge is -2.27. The standard InChI is InChI=1S/C22H26FN3O2/c1-12-13(2)25-20-15(11-24)10-17(23)19(18(12)20)14-7-6-8-16(9-14)26-21(27)28-22(3,4)5/h7,10,16,25H,6,8-9H2,1-5H3,(H,26,27). The Morgan fingerprint density at radius 1 is 1.39 bits per heavy atom. The largest absolute Gasteiger partial charge is 0.444 e. The Labute approximate surface area is 164 Å². The molecule has 5 nitrogen and oxygen atoms in total. The highest BCUT2D eigenvalue weighted by Crippen LogP contribution is 2.37. The molecule has 148 valence electrons.